The average molecular weight is 301 g/mol. The molecular weight excluding hydrogens is 280 g/mol. The highest BCUT2D eigenvalue weighted by molar-refractivity contribution is 6.32. The van der Waals surface area contributed by atoms with E-state index in [1.54, 1.807) is 12.1 Å². The number of aliphatic hydroxyl groups is 1. The summed E-state index contributed by atoms with van der Waals surface area (Å²) in [6.45, 7) is 0. The highest BCUT2D eigenvalue weighted by Crippen LogP contribution is 2.55. The van der Waals surface area contributed by atoms with Crippen LogP contribution in [0.25, 0.3) is 0 Å². The molecule has 4 fully saturated rings. The smallest absolute Gasteiger partial charge is 0.254 e. The highest BCUT2D eigenvalue weighted by atomic mass is 19.1. The Kier molecular flexibility index (Phi) is 3.12. The van der Waals surface area contributed by atoms with Crippen LogP contribution in [0.5, 0.6) is 0 Å². The number of amides is 1. The summed E-state index contributed by atoms with van der Waals surface area (Å²) in [6, 6.07) is 4.81. The number of halogens is 1. The minimum absolute atomic E-state index is 0.0880. The van der Waals surface area contributed by atoms with E-state index in [9.17, 15) is 14.3 Å². The van der Waals surface area contributed by atoms with Crippen LogP contribution < -0.4 is 10.8 Å². The lowest BCUT2D eigenvalue weighted by atomic mass is 9.52. The van der Waals surface area contributed by atoms with E-state index >= 15 is 0 Å². The Morgan fingerprint density at radius 1 is 1.27 bits per heavy atom. The summed E-state index contributed by atoms with van der Waals surface area (Å²) in [5.74, 6) is 0.510. The first kappa shape index (κ1) is 14.3. The summed E-state index contributed by atoms with van der Waals surface area (Å²) in [4.78, 5) is 12.4. The van der Waals surface area contributed by atoms with E-state index in [1.807, 2.05) is 7.85 Å². The van der Waals surface area contributed by atoms with Gasteiger partial charge in [0, 0.05) is 6.04 Å². The molecule has 4 aliphatic carbocycles. The largest absolute Gasteiger partial charge is 0.390 e. The molecule has 22 heavy (non-hydrogen) atoms. The third kappa shape index (κ3) is 2.26. The quantitative estimate of drug-likeness (QED) is 0.792. The second-order valence-corrected chi connectivity index (χ2v) is 7.68. The zero-order chi connectivity index (χ0) is 15.5. The van der Waals surface area contributed by atoms with Crippen LogP contribution >= 0.6 is 0 Å². The fourth-order valence-corrected chi connectivity index (χ4v) is 5.25. The lowest BCUT2D eigenvalue weighted by Gasteiger charge is -2.58. The SMILES string of the molecule is Bc1ccc(C(=O)N[C@H]2C3CC4CC2C[C@](O)(C4)C3)c(F)c1. The van der Waals surface area contributed by atoms with Crippen molar-refractivity contribution in [2.45, 2.75) is 43.7 Å². The number of benzene rings is 1. The lowest BCUT2D eigenvalue weighted by Crippen LogP contribution is -2.61. The predicted molar refractivity (Wildman–Crippen MR) is 84.3 cm³/mol. The van der Waals surface area contributed by atoms with Gasteiger partial charge in [-0.15, -0.1) is 0 Å². The van der Waals surface area contributed by atoms with Crippen molar-refractivity contribution in [3.05, 3.63) is 29.6 Å². The molecule has 0 saturated heterocycles. The monoisotopic (exact) mass is 301 g/mol. The van der Waals surface area contributed by atoms with Crippen molar-refractivity contribution in [1.29, 1.82) is 0 Å². The van der Waals surface area contributed by atoms with Crippen molar-refractivity contribution in [2.24, 2.45) is 17.8 Å². The van der Waals surface area contributed by atoms with Gasteiger partial charge in [0.2, 0.25) is 0 Å². The first-order valence-corrected chi connectivity index (χ1v) is 8.23. The minimum atomic E-state index is -0.507. The van der Waals surface area contributed by atoms with Crippen LogP contribution in [0.1, 0.15) is 42.5 Å². The number of carbonyl (C=O) groups is 1. The maximum Gasteiger partial charge on any atom is 0.254 e. The van der Waals surface area contributed by atoms with Gasteiger partial charge in [0.15, 0.2) is 0 Å². The Balaban J connectivity index is 1.53. The molecule has 1 aromatic rings. The van der Waals surface area contributed by atoms with E-state index in [-0.39, 0.29) is 17.5 Å². The third-order valence-electron chi connectivity index (χ3n) is 5.91. The van der Waals surface area contributed by atoms with Gasteiger partial charge in [0.05, 0.1) is 11.2 Å². The summed E-state index contributed by atoms with van der Waals surface area (Å²) >= 11 is 0. The molecule has 5 rings (SSSR count). The fourth-order valence-electron chi connectivity index (χ4n) is 5.25. The molecule has 4 bridgehead atoms. The minimum Gasteiger partial charge on any atom is -0.390 e. The van der Waals surface area contributed by atoms with Crippen molar-refractivity contribution < 1.29 is 14.3 Å². The number of hydrogen-bond acceptors (Lipinski definition) is 2. The predicted octanol–water partition coefficient (Wildman–Crippen LogP) is 0.753. The van der Waals surface area contributed by atoms with Gasteiger partial charge in [-0.2, -0.15) is 0 Å². The van der Waals surface area contributed by atoms with Gasteiger partial charge in [-0.1, -0.05) is 11.5 Å². The van der Waals surface area contributed by atoms with Crippen LogP contribution in [0.2, 0.25) is 0 Å². The molecule has 116 valence electrons. The third-order valence-corrected chi connectivity index (χ3v) is 5.91. The van der Waals surface area contributed by atoms with E-state index in [4.69, 9.17) is 0 Å². The van der Waals surface area contributed by atoms with E-state index in [0.717, 1.165) is 37.6 Å². The van der Waals surface area contributed by atoms with Gasteiger partial charge in [-0.25, -0.2) is 4.39 Å². The highest BCUT2D eigenvalue weighted by Gasteiger charge is 2.55. The van der Waals surface area contributed by atoms with E-state index < -0.39 is 11.4 Å². The second-order valence-electron chi connectivity index (χ2n) is 7.68. The standard InChI is InChI=1S/C17H21BFNO2/c18-12-1-2-13(14(19)5-12)16(21)20-15-10-3-9-4-11(15)8-17(22,6-9)7-10/h1-2,5,9-11,15,22H,3-4,6-8,18H2,(H,20,21)/t9?,10?,11?,15-,17-. The van der Waals surface area contributed by atoms with Crippen LogP contribution in [0, 0.1) is 23.6 Å². The molecule has 1 amide bonds. The summed E-state index contributed by atoms with van der Waals surface area (Å²) < 4.78 is 14.0. The molecule has 5 heteroatoms. The van der Waals surface area contributed by atoms with E-state index in [2.05, 4.69) is 5.32 Å². The van der Waals surface area contributed by atoms with Crippen molar-refractivity contribution >= 4 is 19.2 Å². The molecule has 3 nitrogen and oxygen atoms in total. The number of hydrogen-bond donors (Lipinski definition) is 2. The summed E-state index contributed by atoms with van der Waals surface area (Å²) in [6.07, 6.45) is 4.65. The van der Waals surface area contributed by atoms with Crippen molar-refractivity contribution in [3.8, 4) is 0 Å². The van der Waals surface area contributed by atoms with Crippen LogP contribution in [-0.2, 0) is 0 Å². The van der Waals surface area contributed by atoms with E-state index in [1.165, 1.54) is 6.07 Å². The molecule has 1 aromatic carbocycles. The van der Waals surface area contributed by atoms with Gasteiger partial charge in [-0.3, -0.25) is 4.79 Å². The van der Waals surface area contributed by atoms with Gasteiger partial charge in [-0.05, 0) is 62.0 Å². The number of nitrogens with one attached hydrogen (secondary N) is 1. The molecule has 4 saturated carbocycles. The van der Waals surface area contributed by atoms with Crippen molar-refractivity contribution in [1.82, 2.24) is 5.32 Å². The molecule has 0 radical (unpaired) electrons. The Morgan fingerprint density at radius 3 is 2.55 bits per heavy atom. The summed E-state index contributed by atoms with van der Waals surface area (Å²) in [5, 5.41) is 13.6. The Hall–Kier alpha value is -1.36. The van der Waals surface area contributed by atoms with Gasteiger partial charge >= 0.3 is 0 Å². The van der Waals surface area contributed by atoms with Crippen LogP contribution in [0.15, 0.2) is 18.2 Å². The molecule has 0 heterocycles. The Labute approximate surface area is 130 Å². The van der Waals surface area contributed by atoms with Gasteiger partial charge in [0.25, 0.3) is 5.91 Å². The second kappa shape index (κ2) is 4.82. The topological polar surface area (TPSA) is 49.3 Å². The molecule has 0 aromatic heterocycles. The summed E-state index contributed by atoms with van der Waals surface area (Å²) in [5.41, 5.74) is 0.427. The first-order valence-electron chi connectivity index (χ1n) is 8.23. The van der Waals surface area contributed by atoms with Gasteiger partial charge in [0.1, 0.15) is 13.7 Å². The molecule has 0 spiro atoms. The summed E-state index contributed by atoms with van der Waals surface area (Å²) in [7, 11) is 1.81. The average Bonchev–Trinajstić information content (AvgIpc) is 2.40. The zero-order valence-corrected chi connectivity index (χ0v) is 12.8. The molecule has 2 unspecified atom stereocenters. The lowest BCUT2D eigenvalue weighted by molar-refractivity contribution is -0.136. The first-order chi connectivity index (χ1) is 10.4. The molecular formula is C17H21BFNO2. The van der Waals surface area contributed by atoms with E-state index in [0.29, 0.717) is 17.8 Å². The Morgan fingerprint density at radius 2 is 1.95 bits per heavy atom. The maximum absolute atomic E-state index is 14.0. The molecule has 2 atom stereocenters. The van der Waals surface area contributed by atoms with Crippen LogP contribution in [0.4, 0.5) is 4.39 Å². The van der Waals surface area contributed by atoms with Crippen LogP contribution in [-0.4, -0.2) is 30.5 Å². The molecule has 2 N–H and O–H groups in total. The van der Waals surface area contributed by atoms with Gasteiger partial charge < -0.3 is 10.4 Å². The zero-order valence-electron chi connectivity index (χ0n) is 12.8. The number of rotatable bonds is 2. The normalized spacial score (nSPS) is 39.0. The molecule has 0 aliphatic heterocycles. The number of carbonyl (C=O) groups excluding carboxylic acids is 1. The maximum atomic E-state index is 14.0. The van der Waals surface area contributed by atoms with Crippen LogP contribution in [0.3, 0.4) is 0 Å². The Bertz CT molecular complexity index is 619. The molecule has 4 aliphatic rings. The van der Waals surface area contributed by atoms with Crippen molar-refractivity contribution in [3.63, 3.8) is 0 Å². The fraction of sp³-hybridized carbons (Fsp3) is 0.588. The van der Waals surface area contributed by atoms with Crippen molar-refractivity contribution in [2.75, 3.05) is 0 Å².